The minimum atomic E-state index is -0.0134. The third-order valence-corrected chi connectivity index (χ3v) is 5.26. The fourth-order valence-corrected chi connectivity index (χ4v) is 3.86. The zero-order chi connectivity index (χ0) is 17.9. The molecule has 0 saturated heterocycles. The number of carbonyl (C=O) groups excluding carboxylic acids is 1. The average Bonchev–Trinajstić information content (AvgIpc) is 3.25. The quantitative estimate of drug-likeness (QED) is 0.569. The average molecular weight is 361 g/mol. The summed E-state index contributed by atoms with van der Waals surface area (Å²) >= 11 is 1.56. The molecule has 2 heterocycles. The van der Waals surface area contributed by atoms with E-state index in [1.165, 1.54) is 0 Å². The van der Waals surface area contributed by atoms with Crippen LogP contribution < -0.4 is 5.32 Å². The highest BCUT2D eigenvalue weighted by molar-refractivity contribution is 7.15. The number of thiazole rings is 1. The molecule has 0 spiro atoms. The van der Waals surface area contributed by atoms with Crippen LogP contribution in [0.1, 0.15) is 24.2 Å². The van der Waals surface area contributed by atoms with Gasteiger partial charge in [0.2, 0.25) is 5.91 Å². The number of hydrogen-bond acceptors (Lipinski definition) is 3. The molecular formula is C21H19N3OS. The van der Waals surface area contributed by atoms with Gasteiger partial charge >= 0.3 is 0 Å². The predicted octanol–water partition coefficient (Wildman–Crippen LogP) is 4.48. The Morgan fingerprint density at radius 2 is 1.81 bits per heavy atom. The number of benzene rings is 2. The highest BCUT2D eigenvalue weighted by atomic mass is 32.1. The van der Waals surface area contributed by atoms with E-state index in [-0.39, 0.29) is 11.9 Å². The molecule has 4 rings (SSSR count). The Kier molecular flexibility index (Phi) is 4.54. The number of fused-ring (bicyclic) bond motifs is 1. The van der Waals surface area contributed by atoms with Gasteiger partial charge < -0.3 is 5.32 Å². The lowest BCUT2D eigenvalue weighted by Gasteiger charge is -2.14. The first-order valence-electron chi connectivity index (χ1n) is 8.56. The molecule has 130 valence electrons. The van der Waals surface area contributed by atoms with E-state index >= 15 is 0 Å². The number of carbonyl (C=O) groups is 1. The molecule has 1 N–H and O–H groups in total. The summed E-state index contributed by atoms with van der Waals surface area (Å²) in [6.45, 7) is 2.00. The highest BCUT2D eigenvalue weighted by Crippen LogP contribution is 2.24. The molecule has 4 nitrogen and oxygen atoms in total. The molecule has 0 aliphatic rings. The maximum absolute atomic E-state index is 12.5. The van der Waals surface area contributed by atoms with Crippen LogP contribution in [0.2, 0.25) is 0 Å². The van der Waals surface area contributed by atoms with Gasteiger partial charge in [-0.1, -0.05) is 60.7 Å². The maximum atomic E-state index is 12.5. The van der Waals surface area contributed by atoms with Gasteiger partial charge in [-0.2, -0.15) is 0 Å². The molecule has 1 atom stereocenters. The molecule has 0 radical (unpaired) electrons. The third kappa shape index (κ3) is 3.39. The van der Waals surface area contributed by atoms with Crippen LogP contribution in [0.15, 0.2) is 72.2 Å². The number of rotatable bonds is 5. The maximum Gasteiger partial charge on any atom is 0.226 e. The monoisotopic (exact) mass is 361 g/mol. The molecule has 0 saturated carbocycles. The zero-order valence-corrected chi connectivity index (χ0v) is 15.2. The first kappa shape index (κ1) is 16.5. The molecular weight excluding hydrogens is 342 g/mol. The van der Waals surface area contributed by atoms with Crippen molar-refractivity contribution in [3.8, 4) is 11.3 Å². The van der Waals surface area contributed by atoms with Crippen molar-refractivity contribution in [3.05, 3.63) is 83.5 Å². The van der Waals surface area contributed by atoms with E-state index in [9.17, 15) is 4.79 Å². The van der Waals surface area contributed by atoms with Crippen LogP contribution in [0.3, 0.4) is 0 Å². The minimum Gasteiger partial charge on any atom is -0.349 e. The van der Waals surface area contributed by atoms with E-state index in [2.05, 4.69) is 10.3 Å². The van der Waals surface area contributed by atoms with Crippen molar-refractivity contribution in [2.45, 2.75) is 19.4 Å². The van der Waals surface area contributed by atoms with Gasteiger partial charge in [0.15, 0.2) is 4.96 Å². The summed E-state index contributed by atoms with van der Waals surface area (Å²) in [6, 6.07) is 20.1. The molecule has 0 aliphatic carbocycles. The van der Waals surface area contributed by atoms with Crippen LogP contribution in [-0.4, -0.2) is 15.3 Å². The number of aromatic nitrogens is 2. The molecule has 2 aromatic carbocycles. The molecule has 26 heavy (non-hydrogen) atoms. The van der Waals surface area contributed by atoms with Gasteiger partial charge in [-0.3, -0.25) is 9.20 Å². The normalized spacial score (nSPS) is 12.2. The molecule has 1 unspecified atom stereocenters. The predicted molar refractivity (Wildman–Crippen MR) is 105 cm³/mol. The van der Waals surface area contributed by atoms with Crippen molar-refractivity contribution < 1.29 is 4.79 Å². The van der Waals surface area contributed by atoms with Crippen LogP contribution in [0.4, 0.5) is 0 Å². The third-order valence-electron chi connectivity index (χ3n) is 4.37. The van der Waals surface area contributed by atoms with Crippen LogP contribution in [0.5, 0.6) is 0 Å². The fraction of sp³-hybridized carbons (Fsp3) is 0.143. The summed E-state index contributed by atoms with van der Waals surface area (Å²) in [5.41, 5.74) is 4.07. The Morgan fingerprint density at radius 3 is 2.54 bits per heavy atom. The Hall–Kier alpha value is -2.92. The fourth-order valence-electron chi connectivity index (χ4n) is 2.99. The van der Waals surface area contributed by atoms with E-state index in [4.69, 9.17) is 0 Å². The van der Waals surface area contributed by atoms with Crippen LogP contribution in [0, 0.1) is 0 Å². The summed E-state index contributed by atoms with van der Waals surface area (Å²) in [6.07, 6.45) is 2.34. The van der Waals surface area contributed by atoms with Crippen molar-refractivity contribution in [1.29, 1.82) is 0 Å². The number of nitrogens with one attached hydrogen (secondary N) is 1. The summed E-state index contributed by atoms with van der Waals surface area (Å²) < 4.78 is 2.01. The van der Waals surface area contributed by atoms with Crippen molar-refractivity contribution >= 4 is 22.2 Å². The largest absolute Gasteiger partial charge is 0.349 e. The van der Waals surface area contributed by atoms with Crippen molar-refractivity contribution in [2.24, 2.45) is 0 Å². The van der Waals surface area contributed by atoms with E-state index in [1.807, 2.05) is 83.6 Å². The van der Waals surface area contributed by atoms with E-state index < -0.39 is 0 Å². The second kappa shape index (κ2) is 7.14. The summed E-state index contributed by atoms with van der Waals surface area (Å²) in [5.74, 6) is 0.0102. The zero-order valence-electron chi connectivity index (χ0n) is 14.4. The molecule has 0 bridgehead atoms. The summed E-state index contributed by atoms with van der Waals surface area (Å²) in [5, 5.41) is 5.07. The van der Waals surface area contributed by atoms with Gasteiger partial charge in [-0.05, 0) is 12.5 Å². The van der Waals surface area contributed by atoms with Crippen molar-refractivity contribution in [1.82, 2.24) is 14.7 Å². The molecule has 1 amide bonds. The standard InChI is InChI=1S/C21H19N3OS/c1-15(16-8-4-2-5-9-16)22-20(25)12-18-14-26-21-23-19(13-24(18)21)17-10-6-3-7-11-17/h2-11,13-15H,12H2,1H3,(H,22,25). The minimum absolute atomic E-state index is 0.0102. The lowest BCUT2D eigenvalue weighted by molar-refractivity contribution is -0.121. The number of imidazole rings is 1. The Bertz CT molecular complexity index is 1020. The Balaban J connectivity index is 1.50. The van der Waals surface area contributed by atoms with Gasteiger partial charge in [0, 0.05) is 22.8 Å². The molecule has 2 aromatic heterocycles. The lowest BCUT2D eigenvalue weighted by Crippen LogP contribution is -2.28. The number of amides is 1. The molecule has 0 aliphatic heterocycles. The summed E-state index contributed by atoms with van der Waals surface area (Å²) in [7, 11) is 0. The van der Waals surface area contributed by atoms with Gasteiger partial charge in [-0.25, -0.2) is 4.98 Å². The van der Waals surface area contributed by atoms with Crippen molar-refractivity contribution in [3.63, 3.8) is 0 Å². The van der Waals surface area contributed by atoms with Crippen molar-refractivity contribution in [2.75, 3.05) is 0 Å². The van der Waals surface area contributed by atoms with Gasteiger partial charge in [0.05, 0.1) is 18.2 Å². The molecule has 0 fully saturated rings. The van der Waals surface area contributed by atoms with Gasteiger partial charge in [0.1, 0.15) is 0 Å². The molecule has 5 heteroatoms. The smallest absolute Gasteiger partial charge is 0.226 e. The Morgan fingerprint density at radius 1 is 1.12 bits per heavy atom. The second-order valence-electron chi connectivity index (χ2n) is 6.25. The Labute approximate surface area is 156 Å². The SMILES string of the molecule is CC(NC(=O)Cc1csc2nc(-c3ccccc3)cn12)c1ccccc1. The van der Waals surface area contributed by atoms with Crippen LogP contribution in [-0.2, 0) is 11.2 Å². The number of hydrogen-bond donors (Lipinski definition) is 1. The van der Waals surface area contributed by atoms with E-state index in [0.29, 0.717) is 6.42 Å². The van der Waals surface area contributed by atoms with E-state index in [0.717, 1.165) is 27.5 Å². The first-order chi connectivity index (χ1) is 12.7. The summed E-state index contributed by atoms with van der Waals surface area (Å²) in [4.78, 5) is 18.0. The highest BCUT2D eigenvalue weighted by Gasteiger charge is 2.14. The first-order valence-corrected chi connectivity index (χ1v) is 9.44. The number of nitrogens with zero attached hydrogens (tertiary/aromatic N) is 2. The van der Waals surface area contributed by atoms with E-state index in [1.54, 1.807) is 11.3 Å². The second-order valence-corrected chi connectivity index (χ2v) is 7.08. The van der Waals surface area contributed by atoms with Gasteiger partial charge in [0.25, 0.3) is 0 Å². The van der Waals surface area contributed by atoms with Crippen LogP contribution >= 0.6 is 11.3 Å². The molecule has 4 aromatic rings. The topological polar surface area (TPSA) is 46.4 Å². The van der Waals surface area contributed by atoms with Crippen LogP contribution in [0.25, 0.3) is 16.2 Å². The van der Waals surface area contributed by atoms with Gasteiger partial charge in [-0.15, -0.1) is 11.3 Å². The lowest BCUT2D eigenvalue weighted by atomic mass is 10.1.